The second-order valence-corrected chi connectivity index (χ2v) is 4.26. The first kappa shape index (κ1) is 14.9. The molecular formula is C11H17F3N2O2. The molecule has 0 spiro atoms. The van der Waals surface area contributed by atoms with Gasteiger partial charge in [0.1, 0.15) is 0 Å². The van der Waals surface area contributed by atoms with Crippen LogP contribution in [0.2, 0.25) is 0 Å². The number of nitrogens with one attached hydrogen (secondary N) is 1. The molecule has 104 valence electrons. The summed E-state index contributed by atoms with van der Waals surface area (Å²) in [5.74, 6) is -0.506. The van der Waals surface area contributed by atoms with Crippen LogP contribution in [0.25, 0.3) is 0 Å². The molecule has 1 rings (SSSR count). The highest BCUT2D eigenvalue weighted by atomic mass is 19.4. The van der Waals surface area contributed by atoms with Gasteiger partial charge in [0.15, 0.2) is 0 Å². The normalized spacial score (nSPS) is 20.9. The summed E-state index contributed by atoms with van der Waals surface area (Å²) in [6, 6.07) is -0.566. The molecule has 2 amide bonds. The molecule has 1 aliphatic heterocycles. The van der Waals surface area contributed by atoms with Crippen LogP contribution in [0.15, 0.2) is 0 Å². The Morgan fingerprint density at radius 2 is 2.00 bits per heavy atom. The summed E-state index contributed by atoms with van der Waals surface area (Å²) in [6.07, 6.45) is -4.47. The Morgan fingerprint density at radius 1 is 1.33 bits per heavy atom. The third-order valence-corrected chi connectivity index (χ3v) is 2.84. The third kappa shape index (κ3) is 4.29. The van der Waals surface area contributed by atoms with Gasteiger partial charge >= 0.3 is 6.18 Å². The zero-order chi connectivity index (χ0) is 13.8. The number of likely N-dealkylation sites (tertiary alicyclic amines) is 1. The molecule has 0 aliphatic carbocycles. The Kier molecular flexibility index (Phi) is 5.13. The van der Waals surface area contributed by atoms with Crippen molar-refractivity contribution in [1.82, 2.24) is 10.2 Å². The standard InChI is InChI=1S/C11H17F3N2O2/c1-2-16-9(17)7-8(10(16)18)15-6-4-3-5-11(12,13)14/h8,15H,2-7H2,1H3. The van der Waals surface area contributed by atoms with Gasteiger partial charge in [0.05, 0.1) is 12.5 Å². The second-order valence-electron chi connectivity index (χ2n) is 4.26. The molecule has 0 aromatic rings. The molecule has 4 nitrogen and oxygen atoms in total. The van der Waals surface area contributed by atoms with Crippen LogP contribution in [0.4, 0.5) is 13.2 Å². The first-order valence-electron chi connectivity index (χ1n) is 5.99. The van der Waals surface area contributed by atoms with Crippen LogP contribution in [0, 0.1) is 0 Å². The Labute approximate surface area is 104 Å². The molecule has 0 saturated carbocycles. The Bertz CT molecular complexity index is 318. The summed E-state index contributed by atoms with van der Waals surface area (Å²) in [5.41, 5.74) is 0. The summed E-state index contributed by atoms with van der Waals surface area (Å²) in [4.78, 5) is 24.2. The average Bonchev–Trinajstić information content (AvgIpc) is 2.52. The summed E-state index contributed by atoms with van der Waals surface area (Å²) in [7, 11) is 0. The molecule has 1 N–H and O–H groups in total. The van der Waals surface area contributed by atoms with Crippen molar-refractivity contribution >= 4 is 11.8 Å². The summed E-state index contributed by atoms with van der Waals surface area (Å²) in [5, 5.41) is 2.83. The number of alkyl halides is 3. The van der Waals surface area contributed by atoms with E-state index in [2.05, 4.69) is 5.32 Å². The third-order valence-electron chi connectivity index (χ3n) is 2.84. The lowest BCUT2D eigenvalue weighted by molar-refractivity contribution is -0.139. The molecule has 0 aromatic carbocycles. The van der Waals surface area contributed by atoms with E-state index in [4.69, 9.17) is 0 Å². The first-order valence-corrected chi connectivity index (χ1v) is 5.99. The smallest absolute Gasteiger partial charge is 0.305 e. The van der Waals surface area contributed by atoms with E-state index in [1.54, 1.807) is 6.92 Å². The van der Waals surface area contributed by atoms with Crippen molar-refractivity contribution in [2.45, 2.75) is 44.8 Å². The van der Waals surface area contributed by atoms with Crippen LogP contribution in [-0.2, 0) is 9.59 Å². The average molecular weight is 266 g/mol. The van der Waals surface area contributed by atoms with Crippen LogP contribution in [0.3, 0.4) is 0 Å². The summed E-state index contributed by atoms with van der Waals surface area (Å²) < 4.78 is 35.6. The van der Waals surface area contributed by atoms with Crippen molar-refractivity contribution in [1.29, 1.82) is 0 Å². The van der Waals surface area contributed by atoms with Gasteiger partial charge in [-0.15, -0.1) is 0 Å². The molecule has 0 aromatic heterocycles. The van der Waals surface area contributed by atoms with E-state index in [1.807, 2.05) is 0 Å². The maximum Gasteiger partial charge on any atom is 0.389 e. The zero-order valence-electron chi connectivity index (χ0n) is 10.2. The van der Waals surface area contributed by atoms with Crippen LogP contribution in [-0.4, -0.2) is 42.0 Å². The molecule has 1 saturated heterocycles. The maximum absolute atomic E-state index is 11.9. The number of carbonyl (C=O) groups is 2. The number of imide groups is 1. The van der Waals surface area contributed by atoms with Gasteiger partial charge in [-0.3, -0.25) is 14.5 Å². The van der Waals surface area contributed by atoms with Crippen molar-refractivity contribution < 1.29 is 22.8 Å². The van der Waals surface area contributed by atoms with Gasteiger partial charge in [-0.2, -0.15) is 13.2 Å². The van der Waals surface area contributed by atoms with E-state index in [1.165, 1.54) is 0 Å². The summed E-state index contributed by atoms with van der Waals surface area (Å²) in [6.45, 7) is 2.36. The van der Waals surface area contributed by atoms with Crippen molar-refractivity contribution in [3.8, 4) is 0 Å². The monoisotopic (exact) mass is 266 g/mol. The number of nitrogens with zero attached hydrogens (tertiary/aromatic N) is 1. The quantitative estimate of drug-likeness (QED) is 0.585. The number of carbonyl (C=O) groups excluding carboxylic acids is 2. The van der Waals surface area contributed by atoms with Crippen LogP contribution in [0.5, 0.6) is 0 Å². The summed E-state index contributed by atoms with van der Waals surface area (Å²) >= 11 is 0. The van der Waals surface area contributed by atoms with E-state index in [9.17, 15) is 22.8 Å². The second kappa shape index (κ2) is 6.17. The van der Waals surface area contributed by atoms with E-state index in [0.717, 1.165) is 4.90 Å². The molecular weight excluding hydrogens is 249 g/mol. The molecule has 18 heavy (non-hydrogen) atoms. The fraction of sp³-hybridized carbons (Fsp3) is 0.818. The van der Waals surface area contributed by atoms with E-state index < -0.39 is 18.6 Å². The van der Waals surface area contributed by atoms with Crippen LogP contribution < -0.4 is 5.32 Å². The van der Waals surface area contributed by atoms with Gasteiger partial charge in [0, 0.05) is 13.0 Å². The molecule has 0 radical (unpaired) electrons. The van der Waals surface area contributed by atoms with Gasteiger partial charge in [0.25, 0.3) is 0 Å². The molecule has 0 bridgehead atoms. The minimum atomic E-state index is -4.13. The number of hydrogen-bond donors (Lipinski definition) is 1. The lowest BCUT2D eigenvalue weighted by atomic mass is 10.2. The van der Waals surface area contributed by atoms with Gasteiger partial charge in [-0.1, -0.05) is 0 Å². The Morgan fingerprint density at radius 3 is 2.50 bits per heavy atom. The first-order chi connectivity index (χ1) is 8.35. The highest BCUT2D eigenvalue weighted by Gasteiger charge is 2.36. The SMILES string of the molecule is CCN1C(=O)CC(NCCCCC(F)(F)F)C1=O. The predicted molar refractivity (Wildman–Crippen MR) is 58.7 cm³/mol. The number of halogens is 3. The Hall–Kier alpha value is -1.11. The molecule has 1 heterocycles. The number of hydrogen-bond acceptors (Lipinski definition) is 3. The van der Waals surface area contributed by atoms with Gasteiger partial charge in [-0.05, 0) is 26.3 Å². The lowest BCUT2D eigenvalue weighted by Gasteiger charge is -2.13. The maximum atomic E-state index is 11.9. The van der Waals surface area contributed by atoms with Gasteiger partial charge in [0.2, 0.25) is 11.8 Å². The topological polar surface area (TPSA) is 49.4 Å². The zero-order valence-corrected chi connectivity index (χ0v) is 10.2. The van der Waals surface area contributed by atoms with E-state index in [0.29, 0.717) is 19.5 Å². The van der Waals surface area contributed by atoms with Crippen LogP contribution >= 0.6 is 0 Å². The molecule has 1 unspecified atom stereocenters. The molecule has 7 heteroatoms. The largest absolute Gasteiger partial charge is 0.389 e. The van der Waals surface area contributed by atoms with Crippen LogP contribution in [0.1, 0.15) is 32.6 Å². The van der Waals surface area contributed by atoms with Gasteiger partial charge in [-0.25, -0.2) is 0 Å². The minimum Gasteiger partial charge on any atom is -0.305 e. The highest BCUT2D eigenvalue weighted by Crippen LogP contribution is 2.22. The van der Waals surface area contributed by atoms with Crippen molar-refractivity contribution in [2.75, 3.05) is 13.1 Å². The number of unbranched alkanes of at least 4 members (excludes halogenated alkanes) is 1. The minimum absolute atomic E-state index is 0.0306. The fourth-order valence-electron chi connectivity index (χ4n) is 1.90. The number of amides is 2. The lowest BCUT2D eigenvalue weighted by Crippen LogP contribution is -2.39. The van der Waals surface area contributed by atoms with Crippen molar-refractivity contribution in [3.63, 3.8) is 0 Å². The molecule has 1 aliphatic rings. The fourth-order valence-corrected chi connectivity index (χ4v) is 1.90. The van der Waals surface area contributed by atoms with E-state index >= 15 is 0 Å². The van der Waals surface area contributed by atoms with Crippen molar-refractivity contribution in [2.24, 2.45) is 0 Å². The van der Waals surface area contributed by atoms with E-state index in [-0.39, 0.29) is 24.7 Å². The molecule has 1 fully saturated rings. The Balaban J connectivity index is 2.21. The highest BCUT2D eigenvalue weighted by molar-refractivity contribution is 6.05. The predicted octanol–water partition coefficient (Wildman–Crippen LogP) is 1.46. The van der Waals surface area contributed by atoms with Crippen molar-refractivity contribution in [3.05, 3.63) is 0 Å². The van der Waals surface area contributed by atoms with Gasteiger partial charge < -0.3 is 5.32 Å². The molecule has 1 atom stereocenters. The number of rotatable bonds is 6. The number of likely N-dealkylation sites (N-methyl/N-ethyl adjacent to an activating group) is 1.